The summed E-state index contributed by atoms with van der Waals surface area (Å²) in [6.45, 7) is 7.64. The molecule has 4 nitrogen and oxygen atoms in total. The first-order chi connectivity index (χ1) is 9.89. The van der Waals surface area contributed by atoms with Crippen molar-refractivity contribution in [3.05, 3.63) is 0 Å². The zero-order valence-corrected chi connectivity index (χ0v) is 14.0. The highest BCUT2D eigenvalue weighted by Crippen LogP contribution is 2.41. The lowest BCUT2D eigenvalue weighted by molar-refractivity contribution is -0.122. The molecule has 1 amide bonds. The molecule has 1 saturated heterocycles. The molecular formula is C17H32N2O2. The number of carbonyl (C=O) groups excluding carboxylic acids is 1. The summed E-state index contributed by atoms with van der Waals surface area (Å²) in [5.74, 6) is 0.117. The SMILES string of the molecule is CC(C)(C)NC(=O)CCNCC1CCC2(CCCCC2)O1. The molecule has 21 heavy (non-hydrogen) atoms. The average molecular weight is 296 g/mol. The highest BCUT2D eigenvalue weighted by atomic mass is 16.5. The highest BCUT2D eigenvalue weighted by Gasteiger charge is 2.40. The Kier molecular flexibility index (Phi) is 5.67. The molecule has 1 spiro atoms. The molecule has 0 aromatic rings. The Morgan fingerprint density at radius 1 is 1.19 bits per heavy atom. The average Bonchev–Trinajstić information content (AvgIpc) is 2.77. The van der Waals surface area contributed by atoms with Crippen LogP contribution in [0.3, 0.4) is 0 Å². The van der Waals surface area contributed by atoms with Crippen molar-refractivity contribution in [2.24, 2.45) is 0 Å². The van der Waals surface area contributed by atoms with Crippen LogP contribution in [-0.4, -0.2) is 36.2 Å². The summed E-state index contributed by atoms with van der Waals surface area (Å²) in [5.41, 5.74) is 0.0627. The summed E-state index contributed by atoms with van der Waals surface area (Å²) < 4.78 is 6.31. The van der Waals surface area contributed by atoms with Gasteiger partial charge in [0.05, 0.1) is 11.7 Å². The second-order valence-electron chi connectivity index (χ2n) is 7.77. The van der Waals surface area contributed by atoms with Crippen LogP contribution >= 0.6 is 0 Å². The first-order valence-electron chi connectivity index (χ1n) is 8.58. The van der Waals surface area contributed by atoms with Gasteiger partial charge in [0, 0.05) is 25.0 Å². The van der Waals surface area contributed by atoms with Gasteiger partial charge in [-0.2, -0.15) is 0 Å². The molecule has 4 heteroatoms. The normalized spacial score (nSPS) is 25.2. The van der Waals surface area contributed by atoms with Gasteiger partial charge in [0.25, 0.3) is 0 Å². The molecule has 2 N–H and O–H groups in total. The lowest BCUT2D eigenvalue weighted by atomic mass is 9.83. The van der Waals surface area contributed by atoms with Gasteiger partial charge in [-0.05, 0) is 46.5 Å². The molecule has 1 aliphatic heterocycles. The molecule has 0 aromatic heterocycles. The number of ether oxygens (including phenoxy) is 1. The molecule has 1 heterocycles. The summed E-state index contributed by atoms with van der Waals surface area (Å²) in [4.78, 5) is 11.7. The zero-order valence-electron chi connectivity index (χ0n) is 14.0. The smallest absolute Gasteiger partial charge is 0.221 e. The molecule has 0 radical (unpaired) electrons. The van der Waals surface area contributed by atoms with Gasteiger partial charge in [-0.15, -0.1) is 0 Å². The van der Waals surface area contributed by atoms with Crippen LogP contribution < -0.4 is 10.6 Å². The van der Waals surface area contributed by atoms with Gasteiger partial charge in [0.1, 0.15) is 0 Å². The molecule has 1 unspecified atom stereocenters. The van der Waals surface area contributed by atoms with Crippen molar-refractivity contribution in [1.82, 2.24) is 10.6 Å². The van der Waals surface area contributed by atoms with Crippen molar-refractivity contribution < 1.29 is 9.53 Å². The Bertz CT molecular complexity index is 343. The van der Waals surface area contributed by atoms with E-state index in [9.17, 15) is 4.79 Å². The Morgan fingerprint density at radius 2 is 1.90 bits per heavy atom. The van der Waals surface area contributed by atoms with E-state index in [-0.39, 0.29) is 17.0 Å². The van der Waals surface area contributed by atoms with Gasteiger partial charge in [0.15, 0.2) is 0 Å². The fourth-order valence-corrected chi connectivity index (χ4v) is 3.55. The van der Waals surface area contributed by atoms with Gasteiger partial charge in [-0.1, -0.05) is 19.3 Å². The van der Waals surface area contributed by atoms with E-state index in [1.54, 1.807) is 0 Å². The minimum Gasteiger partial charge on any atom is -0.370 e. The predicted octanol–water partition coefficient (Wildman–Crippen LogP) is 2.76. The third-order valence-electron chi connectivity index (χ3n) is 4.52. The van der Waals surface area contributed by atoms with Crippen molar-refractivity contribution in [1.29, 1.82) is 0 Å². The molecule has 122 valence electrons. The largest absolute Gasteiger partial charge is 0.370 e. The van der Waals surface area contributed by atoms with Gasteiger partial charge in [-0.25, -0.2) is 0 Å². The van der Waals surface area contributed by atoms with Crippen molar-refractivity contribution in [3.8, 4) is 0 Å². The molecule has 2 rings (SSSR count). The van der Waals surface area contributed by atoms with Gasteiger partial charge >= 0.3 is 0 Å². The van der Waals surface area contributed by atoms with Crippen molar-refractivity contribution in [3.63, 3.8) is 0 Å². The Balaban J connectivity index is 1.59. The number of hydrogen-bond donors (Lipinski definition) is 2. The van der Waals surface area contributed by atoms with Crippen LogP contribution in [0.15, 0.2) is 0 Å². The van der Waals surface area contributed by atoms with Crippen LogP contribution in [0, 0.1) is 0 Å². The highest BCUT2D eigenvalue weighted by molar-refractivity contribution is 5.76. The minimum atomic E-state index is -0.140. The molecule has 0 aromatic carbocycles. The second kappa shape index (κ2) is 7.10. The lowest BCUT2D eigenvalue weighted by Crippen LogP contribution is -2.42. The molecule has 2 aliphatic rings. The van der Waals surface area contributed by atoms with Gasteiger partial charge in [0.2, 0.25) is 5.91 Å². The Labute approximate surface area is 129 Å². The third-order valence-corrected chi connectivity index (χ3v) is 4.52. The summed E-state index contributed by atoms with van der Waals surface area (Å²) in [7, 11) is 0. The van der Waals surface area contributed by atoms with E-state index < -0.39 is 0 Å². The zero-order chi connectivity index (χ0) is 15.3. The monoisotopic (exact) mass is 296 g/mol. The number of nitrogens with one attached hydrogen (secondary N) is 2. The number of carbonyl (C=O) groups is 1. The molecule has 2 fully saturated rings. The van der Waals surface area contributed by atoms with Crippen molar-refractivity contribution in [2.45, 2.75) is 89.4 Å². The fourth-order valence-electron chi connectivity index (χ4n) is 3.55. The standard InChI is InChI=1S/C17H32N2O2/c1-16(2,3)19-15(20)8-12-18-13-14-7-11-17(21-14)9-5-4-6-10-17/h14,18H,4-13H2,1-3H3,(H,19,20). The van der Waals surface area contributed by atoms with E-state index in [0.717, 1.165) is 13.1 Å². The van der Waals surface area contributed by atoms with Crippen molar-refractivity contribution >= 4 is 5.91 Å². The second-order valence-corrected chi connectivity index (χ2v) is 7.77. The maximum atomic E-state index is 11.7. The summed E-state index contributed by atoms with van der Waals surface area (Å²) >= 11 is 0. The van der Waals surface area contributed by atoms with E-state index in [1.165, 1.54) is 44.9 Å². The maximum Gasteiger partial charge on any atom is 0.221 e. The third kappa shape index (κ3) is 5.59. The van der Waals surface area contributed by atoms with E-state index in [4.69, 9.17) is 4.74 Å². The molecule has 0 bridgehead atoms. The molecular weight excluding hydrogens is 264 g/mol. The van der Waals surface area contributed by atoms with Crippen LogP contribution in [0.1, 0.15) is 72.1 Å². The summed E-state index contributed by atoms with van der Waals surface area (Å²) in [6, 6.07) is 0. The summed E-state index contributed by atoms with van der Waals surface area (Å²) in [5, 5.41) is 6.36. The molecule has 1 atom stereocenters. The van der Waals surface area contributed by atoms with E-state index in [0.29, 0.717) is 12.5 Å². The van der Waals surface area contributed by atoms with Crippen LogP contribution in [0.4, 0.5) is 0 Å². The van der Waals surface area contributed by atoms with E-state index >= 15 is 0 Å². The van der Waals surface area contributed by atoms with Crippen molar-refractivity contribution in [2.75, 3.05) is 13.1 Å². The Hall–Kier alpha value is -0.610. The van der Waals surface area contributed by atoms with Gasteiger partial charge < -0.3 is 15.4 Å². The van der Waals surface area contributed by atoms with Crippen LogP contribution in [-0.2, 0) is 9.53 Å². The number of hydrogen-bond acceptors (Lipinski definition) is 3. The predicted molar refractivity (Wildman–Crippen MR) is 85.3 cm³/mol. The number of rotatable bonds is 5. The van der Waals surface area contributed by atoms with Crippen LogP contribution in [0.25, 0.3) is 0 Å². The Morgan fingerprint density at radius 3 is 2.57 bits per heavy atom. The van der Waals surface area contributed by atoms with Crippen LogP contribution in [0.2, 0.25) is 0 Å². The topological polar surface area (TPSA) is 50.4 Å². The maximum absolute atomic E-state index is 11.7. The van der Waals surface area contributed by atoms with E-state index in [1.807, 2.05) is 20.8 Å². The first kappa shape index (κ1) is 16.8. The molecule has 1 saturated carbocycles. The summed E-state index contributed by atoms with van der Waals surface area (Å²) in [6.07, 6.45) is 9.79. The van der Waals surface area contributed by atoms with Crippen LogP contribution in [0.5, 0.6) is 0 Å². The number of amides is 1. The molecule has 1 aliphatic carbocycles. The fraction of sp³-hybridized carbons (Fsp3) is 0.941. The van der Waals surface area contributed by atoms with Gasteiger partial charge in [-0.3, -0.25) is 4.79 Å². The lowest BCUT2D eigenvalue weighted by Gasteiger charge is -2.33. The van der Waals surface area contributed by atoms with E-state index in [2.05, 4.69) is 10.6 Å². The first-order valence-corrected chi connectivity index (χ1v) is 8.58. The minimum absolute atomic E-state index is 0.117. The quantitative estimate of drug-likeness (QED) is 0.767.